The van der Waals surface area contributed by atoms with Crippen LogP contribution in [-0.2, 0) is 4.79 Å². The topological polar surface area (TPSA) is 55.1 Å². The van der Waals surface area contributed by atoms with Gasteiger partial charge >= 0.3 is 0 Å². The molecule has 0 aliphatic carbocycles. The van der Waals surface area contributed by atoms with Gasteiger partial charge in [0, 0.05) is 6.42 Å². The van der Waals surface area contributed by atoms with E-state index in [0.717, 1.165) is 19.3 Å². The Balaban J connectivity index is 2.45. The van der Waals surface area contributed by atoms with Crippen LogP contribution in [0.2, 0.25) is 10.0 Å². The van der Waals surface area contributed by atoms with Gasteiger partial charge in [0.15, 0.2) is 0 Å². The Morgan fingerprint density at radius 2 is 1.82 bits per heavy atom. The molecule has 0 bridgehead atoms. The van der Waals surface area contributed by atoms with Crippen molar-refractivity contribution >= 4 is 34.8 Å². The summed E-state index contributed by atoms with van der Waals surface area (Å²) in [5.41, 5.74) is 5.86. The summed E-state index contributed by atoms with van der Waals surface area (Å²) in [6.45, 7) is 0.665. The van der Waals surface area contributed by atoms with Crippen molar-refractivity contribution < 1.29 is 4.79 Å². The summed E-state index contributed by atoms with van der Waals surface area (Å²) in [6, 6.07) is 5.12. The van der Waals surface area contributed by atoms with Gasteiger partial charge < -0.3 is 11.1 Å². The highest BCUT2D eigenvalue weighted by atomic mass is 35.5. The number of carbonyl (C=O) groups is 1. The van der Waals surface area contributed by atoms with Crippen molar-refractivity contribution in [1.82, 2.24) is 0 Å². The number of hydrogen-bond donors (Lipinski definition) is 2. The van der Waals surface area contributed by atoms with Gasteiger partial charge in [0.2, 0.25) is 5.91 Å². The average molecular weight is 275 g/mol. The fourth-order valence-corrected chi connectivity index (χ4v) is 1.92. The molecule has 3 N–H and O–H groups in total. The fraction of sp³-hybridized carbons (Fsp3) is 0.417. The Morgan fingerprint density at radius 1 is 1.18 bits per heavy atom. The Labute approximate surface area is 111 Å². The second kappa shape index (κ2) is 7.54. The third-order valence-electron chi connectivity index (χ3n) is 2.34. The minimum Gasteiger partial charge on any atom is -0.330 e. The molecule has 0 saturated heterocycles. The second-order valence-electron chi connectivity index (χ2n) is 3.74. The molecule has 1 aromatic rings. The molecule has 0 heterocycles. The zero-order chi connectivity index (χ0) is 12.7. The molecular weight excluding hydrogens is 259 g/mol. The molecule has 0 radical (unpaired) electrons. The molecule has 0 saturated carbocycles. The number of benzene rings is 1. The third kappa shape index (κ3) is 4.94. The molecule has 0 aliphatic rings. The molecule has 0 aliphatic heterocycles. The van der Waals surface area contributed by atoms with E-state index in [4.69, 9.17) is 28.9 Å². The van der Waals surface area contributed by atoms with Crippen LogP contribution >= 0.6 is 23.2 Å². The van der Waals surface area contributed by atoms with Gasteiger partial charge in [-0.1, -0.05) is 35.7 Å². The van der Waals surface area contributed by atoms with Crippen LogP contribution < -0.4 is 11.1 Å². The first-order valence-electron chi connectivity index (χ1n) is 5.59. The summed E-state index contributed by atoms with van der Waals surface area (Å²) in [7, 11) is 0. The molecule has 0 unspecified atom stereocenters. The van der Waals surface area contributed by atoms with Crippen molar-refractivity contribution in [2.75, 3.05) is 11.9 Å². The van der Waals surface area contributed by atoms with Crippen LogP contribution in [0.4, 0.5) is 5.69 Å². The van der Waals surface area contributed by atoms with Crippen LogP contribution in [0, 0.1) is 0 Å². The van der Waals surface area contributed by atoms with Crippen LogP contribution in [0.5, 0.6) is 0 Å². The highest BCUT2D eigenvalue weighted by Gasteiger charge is 2.08. The molecule has 1 aromatic carbocycles. The quantitative estimate of drug-likeness (QED) is 0.781. The first-order chi connectivity index (χ1) is 8.15. The standard InChI is InChI=1S/C12H16Cl2N2O/c13-9-5-4-6-10(14)12(9)16-11(17)7-2-1-3-8-15/h4-6H,1-3,7-8,15H2,(H,16,17). The summed E-state index contributed by atoms with van der Waals surface area (Å²) in [5, 5.41) is 3.62. The molecule has 0 fully saturated rings. The Kier molecular flexibility index (Phi) is 6.34. The predicted octanol–water partition coefficient (Wildman–Crippen LogP) is 3.45. The summed E-state index contributed by atoms with van der Waals surface area (Å²) in [6.07, 6.45) is 3.19. The molecule has 94 valence electrons. The van der Waals surface area contributed by atoms with Gasteiger partial charge in [-0.2, -0.15) is 0 Å². The van der Waals surface area contributed by atoms with Gasteiger partial charge in [-0.05, 0) is 31.5 Å². The highest BCUT2D eigenvalue weighted by molar-refractivity contribution is 6.39. The van der Waals surface area contributed by atoms with E-state index >= 15 is 0 Å². The average Bonchev–Trinajstić information content (AvgIpc) is 2.30. The van der Waals surface area contributed by atoms with Crippen molar-refractivity contribution in [3.05, 3.63) is 28.2 Å². The van der Waals surface area contributed by atoms with Crippen molar-refractivity contribution in [2.24, 2.45) is 5.73 Å². The number of amides is 1. The summed E-state index contributed by atoms with van der Waals surface area (Å²) >= 11 is 11.9. The number of anilines is 1. The maximum absolute atomic E-state index is 11.6. The van der Waals surface area contributed by atoms with Crippen LogP contribution in [0.25, 0.3) is 0 Å². The van der Waals surface area contributed by atoms with E-state index in [9.17, 15) is 4.79 Å². The largest absolute Gasteiger partial charge is 0.330 e. The maximum Gasteiger partial charge on any atom is 0.224 e. The first-order valence-corrected chi connectivity index (χ1v) is 6.34. The van der Waals surface area contributed by atoms with Crippen molar-refractivity contribution in [3.8, 4) is 0 Å². The van der Waals surface area contributed by atoms with Crippen LogP contribution in [0.3, 0.4) is 0 Å². The van der Waals surface area contributed by atoms with Gasteiger partial charge in [0.05, 0.1) is 15.7 Å². The molecule has 1 rings (SSSR count). The van der Waals surface area contributed by atoms with Gasteiger partial charge in [-0.15, -0.1) is 0 Å². The number of nitrogens with one attached hydrogen (secondary N) is 1. The van der Waals surface area contributed by atoms with Crippen LogP contribution in [-0.4, -0.2) is 12.5 Å². The van der Waals surface area contributed by atoms with E-state index in [1.807, 2.05) is 0 Å². The number of unbranched alkanes of at least 4 members (excludes halogenated alkanes) is 2. The van der Waals surface area contributed by atoms with Crippen LogP contribution in [0.15, 0.2) is 18.2 Å². The molecule has 3 nitrogen and oxygen atoms in total. The molecule has 0 atom stereocenters. The second-order valence-corrected chi connectivity index (χ2v) is 4.56. The normalized spacial score (nSPS) is 10.3. The lowest BCUT2D eigenvalue weighted by Gasteiger charge is -2.08. The van der Waals surface area contributed by atoms with Gasteiger partial charge in [0.25, 0.3) is 0 Å². The van der Waals surface area contributed by atoms with Crippen molar-refractivity contribution in [2.45, 2.75) is 25.7 Å². The highest BCUT2D eigenvalue weighted by Crippen LogP contribution is 2.29. The number of halogens is 2. The number of rotatable bonds is 6. The number of nitrogens with two attached hydrogens (primary N) is 1. The minimum atomic E-state index is -0.0722. The van der Waals surface area contributed by atoms with Crippen LogP contribution in [0.1, 0.15) is 25.7 Å². The van der Waals surface area contributed by atoms with E-state index in [-0.39, 0.29) is 5.91 Å². The van der Waals surface area contributed by atoms with E-state index in [0.29, 0.717) is 28.7 Å². The van der Waals surface area contributed by atoms with E-state index in [2.05, 4.69) is 5.32 Å². The number of carbonyl (C=O) groups excluding carboxylic acids is 1. The zero-order valence-electron chi connectivity index (χ0n) is 9.51. The minimum absolute atomic E-state index is 0.0722. The monoisotopic (exact) mass is 274 g/mol. The van der Waals surface area contributed by atoms with E-state index in [1.54, 1.807) is 18.2 Å². The smallest absolute Gasteiger partial charge is 0.224 e. The molecule has 17 heavy (non-hydrogen) atoms. The maximum atomic E-state index is 11.6. The lowest BCUT2D eigenvalue weighted by Crippen LogP contribution is -2.12. The Morgan fingerprint density at radius 3 is 2.41 bits per heavy atom. The zero-order valence-corrected chi connectivity index (χ0v) is 11.0. The molecule has 0 spiro atoms. The third-order valence-corrected chi connectivity index (χ3v) is 2.97. The molecule has 0 aromatic heterocycles. The van der Waals surface area contributed by atoms with E-state index in [1.165, 1.54) is 0 Å². The molecular formula is C12H16Cl2N2O. The van der Waals surface area contributed by atoms with Gasteiger partial charge in [-0.25, -0.2) is 0 Å². The van der Waals surface area contributed by atoms with E-state index < -0.39 is 0 Å². The van der Waals surface area contributed by atoms with Crippen molar-refractivity contribution in [1.29, 1.82) is 0 Å². The Bertz CT molecular complexity index is 363. The SMILES string of the molecule is NCCCCCC(=O)Nc1c(Cl)cccc1Cl. The summed E-state index contributed by atoms with van der Waals surface area (Å²) < 4.78 is 0. The van der Waals surface area contributed by atoms with Crippen molar-refractivity contribution in [3.63, 3.8) is 0 Å². The molecule has 1 amide bonds. The summed E-state index contributed by atoms with van der Waals surface area (Å²) in [4.78, 5) is 11.6. The fourth-order valence-electron chi connectivity index (χ4n) is 1.43. The van der Waals surface area contributed by atoms with Gasteiger partial charge in [0.1, 0.15) is 0 Å². The molecule has 5 heteroatoms. The summed E-state index contributed by atoms with van der Waals surface area (Å²) in [5.74, 6) is -0.0722. The lowest BCUT2D eigenvalue weighted by molar-refractivity contribution is -0.116. The van der Waals surface area contributed by atoms with Gasteiger partial charge in [-0.3, -0.25) is 4.79 Å². The lowest BCUT2D eigenvalue weighted by atomic mass is 10.2. The Hall–Kier alpha value is -0.770. The number of hydrogen-bond acceptors (Lipinski definition) is 2. The first kappa shape index (κ1) is 14.3. The predicted molar refractivity (Wildman–Crippen MR) is 72.6 cm³/mol. The number of para-hydroxylation sites is 1.